The molecule has 0 spiro atoms. The maximum absolute atomic E-state index is 4.46. The molecule has 19 heavy (non-hydrogen) atoms. The molecule has 2 aromatic rings. The molecule has 1 aromatic carbocycles. The highest BCUT2D eigenvalue weighted by Gasteiger charge is 2.28. The van der Waals surface area contributed by atoms with Gasteiger partial charge < -0.3 is 5.32 Å². The first kappa shape index (κ1) is 12.3. The lowest BCUT2D eigenvalue weighted by atomic mass is 10.3. The lowest BCUT2D eigenvalue weighted by Gasteiger charge is -2.24. The second-order valence-electron chi connectivity index (χ2n) is 5.25. The van der Waals surface area contributed by atoms with Crippen LogP contribution in [0.1, 0.15) is 19.8 Å². The van der Waals surface area contributed by atoms with Gasteiger partial charge in [-0.3, -0.25) is 4.90 Å². The summed E-state index contributed by atoms with van der Waals surface area (Å²) in [4.78, 5) is 6.88. The summed E-state index contributed by atoms with van der Waals surface area (Å²) in [6.07, 6.45) is 2.66. The number of hydrogen-bond donors (Lipinski definition) is 1. The van der Waals surface area contributed by atoms with E-state index in [2.05, 4.69) is 39.4 Å². The van der Waals surface area contributed by atoms with Crippen LogP contribution in [0.2, 0.25) is 0 Å². The first-order chi connectivity index (χ1) is 9.24. The molecule has 1 aliphatic carbocycles. The molecule has 1 heterocycles. The summed E-state index contributed by atoms with van der Waals surface area (Å²) >= 11 is 0. The maximum Gasteiger partial charge on any atom is 0.243 e. The quantitative estimate of drug-likeness (QED) is 0.887. The van der Waals surface area contributed by atoms with E-state index >= 15 is 0 Å². The van der Waals surface area contributed by atoms with Crippen molar-refractivity contribution in [1.29, 1.82) is 0 Å². The van der Waals surface area contributed by atoms with Gasteiger partial charge in [0.05, 0.1) is 5.52 Å². The van der Waals surface area contributed by atoms with E-state index in [1.54, 1.807) is 0 Å². The zero-order chi connectivity index (χ0) is 13.2. The molecule has 0 amide bonds. The summed E-state index contributed by atoms with van der Waals surface area (Å²) < 4.78 is 0. The number of para-hydroxylation sites is 1. The smallest absolute Gasteiger partial charge is 0.243 e. The fraction of sp³-hybridized carbons (Fsp3) is 0.500. The highest BCUT2D eigenvalue weighted by Crippen LogP contribution is 2.26. The highest BCUT2D eigenvalue weighted by atomic mass is 15.3. The monoisotopic (exact) mass is 257 g/mol. The molecular weight excluding hydrogens is 238 g/mol. The third kappa shape index (κ3) is 2.81. The van der Waals surface area contributed by atoms with E-state index in [0.29, 0.717) is 12.0 Å². The van der Waals surface area contributed by atoms with Gasteiger partial charge in [0.2, 0.25) is 5.95 Å². The number of hydrogen-bond acceptors (Lipinski definition) is 5. The molecule has 5 heteroatoms. The third-order valence-electron chi connectivity index (χ3n) is 3.73. The highest BCUT2D eigenvalue weighted by molar-refractivity contribution is 5.73. The van der Waals surface area contributed by atoms with Crippen LogP contribution in [0, 0.1) is 0 Å². The number of benzene rings is 1. The summed E-state index contributed by atoms with van der Waals surface area (Å²) in [7, 11) is 2.18. The molecule has 1 fully saturated rings. The second-order valence-corrected chi connectivity index (χ2v) is 5.25. The van der Waals surface area contributed by atoms with E-state index < -0.39 is 0 Å². The van der Waals surface area contributed by atoms with Gasteiger partial charge in [-0.05, 0) is 38.9 Å². The van der Waals surface area contributed by atoms with Gasteiger partial charge in [0.25, 0.3) is 0 Å². The van der Waals surface area contributed by atoms with E-state index in [9.17, 15) is 0 Å². The molecule has 1 saturated carbocycles. The molecule has 0 radical (unpaired) electrons. The van der Waals surface area contributed by atoms with Crippen LogP contribution in [-0.4, -0.2) is 45.8 Å². The topological polar surface area (TPSA) is 53.9 Å². The Morgan fingerprint density at radius 1 is 1.26 bits per heavy atom. The van der Waals surface area contributed by atoms with Gasteiger partial charge in [0.15, 0.2) is 0 Å². The predicted molar refractivity (Wildman–Crippen MR) is 76.1 cm³/mol. The SMILES string of the molecule is CC(CNc1nnc2ccccc2n1)N(C)C1CC1. The molecule has 0 bridgehead atoms. The number of nitrogens with zero attached hydrogens (tertiary/aromatic N) is 4. The molecule has 1 unspecified atom stereocenters. The Balaban J connectivity index is 1.64. The van der Waals surface area contributed by atoms with E-state index in [1.165, 1.54) is 12.8 Å². The largest absolute Gasteiger partial charge is 0.351 e. The summed E-state index contributed by atoms with van der Waals surface area (Å²) in [6, 6.07) is 9.02. The molecule has 1 N–H and O–H groups in total. The van der Waals surface area contributed by atoms with Crippen LogP contribution in [0.3, 0.4) is 0 Å². The summed E-state index contributed by atoms with van der Waals surface area (Å²) in [5.41, 5.74) is 1.71. The van der Waals surface area contributed by atoms with Crippen LogP contribution >= 0.6 is 0 Å². The minimum atomic E-state index is 0.475. The fourth-order valence-corrected chi connectivity index (χ4v) is 2.18. The molecule has 1 aromatic heterocycles. The van der Waals surface area contributed by atoms with Gasteiger partial charge in [-0.1, -0.05) is 12.1 Å². The predicted octanol–water partition coefficient (Wildman–Crippen LogP) is 1.92. The Hall–Kier alpha value is -1.75. The van der Waals surface area contributed by atoms with Gasteiger partial charge >= 0.3 is 0 Å². The van der Waals surface area contributed by atoms with Gasteiger partial charge in [-0.15, -0.1) is 10.2 Å². The van der Waals surface area contributed by atoms with Crippen molar-refractivity contribution in [2.24, 2.45) is 0 Å². The van der Waals surface area contributed by atoms with Crippen LogP contribution in [-0.2, 0) is 0 Å². The average Bonchev–Trinajstić information content (AvgIpc) is 3.28. The van der Waals surface area contributed by atoms with Gasteiger partial charge in [-0.25, -0.2) is 4.98 Å². The Labute approximate surface area is 113 Å². The van der Waals surface area contributed by atoms with Gasteiger partial charge in [0.1, 0.15) is 5.52 Å². The molecule has 3 rings (SSSR count). The number of rotatable bonds is 5. The second kappa shape index (κ2) is 5.09. The Bertz CT molecular complexity index is 567. The first-order valence-corrected chi connectivity index (χ1v) is 6.79. The molecule has 5 nitrogen and oxygen atoms in total. The van der Waals surface area contributed by atoms with Crippen molar-refractivity contribution < 1.29 is 0 Å². The average molecular weight is 257 g/mol. The van der Waals surface area contributed by atoms with Crippen LogP contribution in [0.25, 0.3) is 11.0 Å². The molecule has 0 aliphatic heterocycles. The van der Waals surface area contributed by atoms with Crippen molar-refractivity contribution in [1.82, 2.24) is 20.1 Å². The van der Waals surface area contributed by atoms with Crippen molar-refractivity contribution in [3.8, 4) is 0 Å². The lowest BCUT2D eigenvalue weighted by Crippen LogP contribution is -2.36. The van der Waals surface area contributed by atoms with E-state index in [-0.39, 0.29) is 0 Å². The zero-order valence-corrected chi connectivity index (χ0v) is 11.4. The number of fused-ring (bicyclic) bond motifs is 1. The molecule has 1 aliphatic rings. The van der Waals surface area contributed by atoms with Crippen LogP contribution < -0.4 is 5.32 Å². The van der Waals surface area contributed by atoms with Crippen LogP contribution in [0.4, 0.5) is 5.95 Å². The number of likely N-dealkylation sites (N-methyl/N-ethyl adjacent to an activating group) is 1. The summed E-state index contributed by atoms with van der Waals surface area (Å²) in [5.74, 6) is 0.606. The Morgan fingerprint density at radius 3 is 2.74 bits per heavy atom. The minimum Gasteiger partial charge on any atom is -0.351 e. The van der Waals surface area contributed by atoms with E-state index in [4.69, 9.17) is 0 Å². The summed E-state index contributed by atoms with van der Waals surface area (Å²) in [6.45, 7) is 3.06. The summed E-state index contributed by atoms with van der Waals surface area (Å²) in [5, 5.41) is 11.5. The minimum absolute atomic E-state index is 0.475. The third-order valence-corrected chi connectivity index (χ3v) is 3.73. The molecule has 1 atom stereocenters. The van der Waals surface area contributed by atoms with Crippen molar-refractivity contribution in [3.63, 3.8) is 0 Å². The van der Waals surface area contributed by atoms with Gasteiger partial charge in [-0.2, -0.15) is 0 Å². The molecular formula is C14H19N5. The standard InChI is InChI=1S/C14H19N5/c1-10(19(2)11-7-8-11)9-15-14-16-12-5-3-4-6-13(12)17-18-14/h3-6,10-11H,7-9H2,1-2H3,(H,15,16,18). The van der Waals surface area contributed by atoms with Crippen molar-refractivity contribution in [2.75, 3.05) is 18.9 Å². The van der Waals surface area contributed by atoms with Crippen molar-refractivity contribution in [3.05, 3.63) is 24.3 Å². The van der Waals surface area contributed by atoms with Crippen LogP contribution in [0.5, 0.6) is 0 Å². The Morgan fingerprint density at radius 2 is 2.00 bits per heavy atom. The van der Waals surface area contributed by atoms with E-state index in [0.717, 1.165) is 23.6 Å². The van der Waals surface area contributed by atoms with Crippen molar-refractivity contribution >= 4 is 17.0 Å². The number of anilines is 1. The first-order valence-electron chi connectivity index (χ1n) is 6.79. The number of aromatic nitrogens is 3. The molecule has 0 saturated heterocycles. The zero-order valence-electron chi connectivity index (χ0n) is 11.4. The lowest BCUT2D eigenvalue weighted by molar-refractivity contribution is 0.257. The van der Waals surface area contributed by atoms with Gasteiger partial charge in [0, 0.05) is 18.6 Å². The van der Waals surface area contributed by atoms with E-state index in [1.807, 2.05) is 24.3 Å². The van der Waals surface area contributed by atoms with Crippen molar-refractivity contribution in [2.45, 2.75) is 31.8 Å². The number of nitrogens with one attached hydrogen (secondary N) is 1. The van der Waals surface area contributed by atoms with Crippen LogP contribution in [0.15, 0.2) is 24.3 Å². The Kier molecular flexibility index (Phi) is 3.29. The normalized spacial score (nSPS) is 16.8. The fourth-order valence-electron chi connectivity index (χ4n) is 2.18. The molecule has 100 valence electrons. The maximum atomic E-state index is 4.46.